The van der Waals surface area contributed by atoms with E-state index in [1.807, 2.05) is 0 Å². The van der Waals surface area contributed by atoms with Crippen LogP contribution in [0.4, 0.5) is 4.39 Å². The van der Waals surface area contributed by atoms with Gasteiger partial charge in [0.2, 0.25) is 11.7 Å². The number of aromatic nitrogens is 3. The minimum Gasteiger partial charge on any atom is -0.355 e. The number of hydrogen-bond donors (Lipinski definition) is 1. The van der Waals surface area contributed by atoms with Crippen molar-refractivity contribution in [3.63, 3.8) is 0 Å². The van der Waals surface area contributed by atoms with Crippen LogP contribution in [-0.2, 0) is 11.3 Å². The summed E-state index contributed by atoms with van der Waals surface area (Å²) in [5.41, 5.74) is 1.78. The Morgan fingerprint density at radius 2 is 1.93 bits per heavy atom. The molecule has 30 heavy (non-hydrogen) atoms. The van der Waals surface area contributed by atoms with E-state index in [1.165, 1.54) is 28.8 Å². The van der Waals surface area contributed by atoms with Crippen LogP contribution in [0.2, 0.25) is 0 Å². The van der Waals surface area contributed by atoms with Gasteiger partial charge in [-0.25, -0.2) is 4.39 Å². The molecule has 7 nitrogen and oxygen atoms in total. The third-order valence-electron chi connectivity index (χ3n) is 4.79. The lowest BCUT2D eigenvalue weighted by Gasteiger charge is -2.13. The number of amides is 1. The molecule has 8 heteroatoms. The van der Waals surface area contributed by atoms with Gasteiger partial charge in [-0.1, -0.05) is 19.0 Å². The molecule has 0 radical (unpaired) electrons. The van der Waals surface area contributed by atoms with E-state index in [0.717, 1.165) is 6.42 Å². The van der Waals surface area contributed by atoms with Gasteiger partial charge in [0.1, 0.15) is 17.9 Å². The first-order chi connectivity index (χ1) is 14.3. The highest BCUT2D eigenvalue weighted by Gasteiger charge is 2.20. The summed E-state index contributed by atoms with van der Waals surface area (Å²) in [4.78, 5) is 29.7. The van der Waals surface area contributed by atoms with E-state index in [-0.39, 0.29) is 41.1 Å². The number of benzene rings is 1. The second-order valence-electron chi connectivity index (χ2n) is 7.70. The molecular formula is C22H25FN4O3. The maximum atomic E-state index is 13.1. The molecule has 0 bridgehead atoms. The molecule has 3 rings (SSSR count). The third kappa shape index (κ3) is 4.82. The van der Waals surface area contributed by atoms with E-state index >= 15 is 0 Å². The molecule has 0 atom stereocenters. The molecular weight excluding hydrogens is 387 g/mol. The zero-order valence-corrected chi connectivity index (χ0v) is 17.5. The van der Waals surface area contributed by atoms with Crippen molar-refractivity contribution in [2.24, 2.45) is 5.92 Å². The molecule has 0 aliphatic heterocycles. The van der Waals surface area contributed by atoms with Crippen molar-refractivity contribution in [3.8, 4) is 22.8 Å². The first-order valence-electron chi connectivity index (χ1n) is 9.84. The molecule has 3 aromatic rings. The van der Waals surface area contributed by atoms with E-state index < -0.39 is 0 Å². The lowest BCUT2D eigenvalue weighted by atomic mass is 10.1. The molecule has 158 valence electrons. The topological polar surface area (TPSA) is 90.0 Å². The van der Waals surface area contributed by atoms with Gasteiger partial charge in [0.15, 0.2) is 0 Å². The Hall–Kier alpha value is -3.29. The lowest BCUT2D eigenvalue weighted by Crippen LogP contribution is -2.35. The van der Waals surface area contributed by atoms with Gasteiger partial charge in [-0.3, -0.25) is 9.59 Å². The summed E-state index contributed by atoms with van der Waals surface area (Å²) >= 11 is 0. The smallest absolute Gasteiger partial charge is 0.264 e. The van der Waals surface area contributed by atoms with Crippen LogP contribution < -0.4 is 10.9 Å². The van der Waals surface area contributed by atoms with Crippen LogP contribution in [0.3, 0.4) is 0 Å². The van der Waals surface area contributed by atoms with E-state index in [0.29, 0.717) is 29.3 Å². The first-order valence-corrected chi connectivity index (χ1v) is 9.84. The number of nitrogens with one attached hydrogen (secondary N) is 1. The Kier molecular flexibility index (Phi) is 6.44. The lowest BCUT2D eigenvalue weighted by molar-refractivity contribution is -0.121. The highest BCUT2D eigenvalue weighted by molar-refractivity contribution is 5.76. The second-order valence-corrected chi connectivity index (χ2v) is 7.70. The number of nitrogens with zero attached hydrogens (tertiary/aromatic N) is 3. The summed E-state index contributed by atoms with van der Waals surface area (Å²) < 4.78 is 19.9. The summed E-state index contributed by atoms with van der Waals surface area (Å²) in [5, 5.41) is 6.75. The monoisotopic (exact) mass is 412 g/mol. The number of aryl methyl sites for hydroxylation is 2. The minimum absolute atomic E-state index is 0.0609. The fraction of sp³-hybridized carbons (Fsp3) is 0.364. The molecule has 1 amide bonds. The first kappa shape index (κ1) is 21.4. The summed E-state index contributed by atoms with van der Waals surface area (Å²) in [6, 6.07) is 7.47. The van der Waals surface area contributed by atoms with Crippen LogP contribution in [-0.4, -0.2) is 27.2 Å². The molecule has 0 fully saturated rings. The van der Waals surface area contributed by atoms with Crippen molar-refractivity contribution in [2.45, 2.75) is 40.7 Å². The van der Waals surface area contributed by atoms with Gasteiger partial charge < -0.3 is 14.4 Å². The molecule has 2 heterocycles. The van der Waals surface area contributed by atoms with Crippen LogP contribution in [0.25, 0.3) is 22.8 Å². The van der Waals surface area contributed by atoms with E-state index in [9.17, 15) is 14.0 Å². The maximum Gasteiger partial charge on any atom is 0.264 e. The predicted octanol–water partition coefficient (Wildman–Crippen LogP) is 3.48. The number of rotatable bonds is 7. The standard InChI is InChI=1S/C22H25FN4O3/c1-13(2)9-10-24-18(28)12-27-15(4)11-14(3)19(22(27)29)21-25-20(26-30-21)16-5-7-17(23)8-6-16/h5-8,11,13H,9-10,12H2,1-4H3,(H,24,28). The van der Waals surface area contributed by atoms with Crippen molar-refractivity contribution < 1.29 is 13.7 Å². The molecule has 0 unspecified atom stereocenters. The molecule has 2 aromatic heterocycles. The van der Waals surface area contributed by atoms with Crippen molar-refractivity contribution in [2.75, 3.05) is 6.54 Å². The highest BCUT2D eigenvalue weighted by Crippen LogP contribution is 2.23. The van der Waals surface area contributed by atoms with Crippen LogP contribution in [0, 0.1) is 25.6 Å². The summed E-state index contributed by atoms with van der Waals surface area (Å²) in [6.07, 6.45) is 0.868. The van der Waals surface area contributed by atoms with Gasteiger partial charge in [0, 0.05) is 17.8 Å². The van der Waals surface area contributed by atoms with Gasteiger partial charge in [-0.15, -0.1) is 0 Å². The molecule has 0 spiro atoms. The van der Waals surface area contributed by atoms with Crippen LogP contribution in [0.15, 0.2) is 39.6 Å². The fourth-order valence-corrected chi connectivity index (χ4v) is 3.12. The van der Waals surface area contributed by atoms with Gasteiger partial charge in [-0.05, 0) is 62.1 Å². The van der Waals surface area contributed by atoms with Gasteiger partial charge >= 0.3 is 0 Å². The zero-order valence-electron chi connectivity index (χ0n) is 17.5. The number of carbonyl (C=O) groups excluding carboxylic acids is 1. The van der Waals surface area contributed by atoms with Crippen LogP contribution in [0.1, 0.15) is 31.5 Å². The summed E-state index contributed by atoms with van der Waals surface area (Å²) in [6.45, 7) is 8.19. The normalized spacial score (nSPS) is 11.1. The van der Waals surface area contributed by atoms with Crippen molar-refractivity contribution in [1.29, 1.82) is 0 Å². The molecule has 0 saturated carbocycles. The van der Waals surface area contributed by atoms with Crippen LogP contribution >= 0.6 is 0 Å². The average molecular weight is 412 g/mol. The van der Waals surface area contributed by atoms with E-state index in [2.05, 4.69) is 29.3 Å². The Morgan fingerprint density at radius 3 is 2.60 bits per heavy atom. The summed E-state index contributed by atoms with van der Waals surface area (Å²) in [5.74, 6) is 0.196. The highest BCUT2D eigenvalue weighted by atomic mass is 19.1. The van der Waals surface area contributed by atoms with Gasteiger partial charge in [-0.2, -0.15) is 4.98 Å². The van der Waals surface area contributed by atoms with Gasteiger partial charge in [0.25, 0.3) is 11.4 Å². The second kappa shape index (κ2) is 9.02. The number of halogens is 1. The predicted molar refractivity (Wildman–Crippen MR) is 111 cm³/mol. The molecule has 0 saturated heterocycles. The molecule has 1 N–H and O–H groups in total. The third-order valence-corrected chi connectivity index (χ3v) is 4.79. The molecule has 1 aromatic carbocycles. The quantitative estimate of drug-likeness (QED) is 0.642. The Balaban J connectivity index is 1.89. The molecule has 0 aliphatic rings. The number of carbonyl (C=O) groups is 1. The van der Waals surface area contributed by atoms with E-state index in [4.69, 9.17) is 4.52 Å². The van der Waals surface area contributed by atoms with Crippen molar-refractivity contribution in [3.05, 3.63) is 57.8 Å². The Labute approximate surface area is 173 Å². The van der Waals surface area contributed by atoms with Crippen molar-refractivity contribution >= 4 is 5.91 Å². The summed E-state index contributed by atoms with van der Waals surface area (Å²) in [7, 11) is 0. The number of pyridine rings is 1. The molecule has 0 aliphatic carbocycles. The minimum atomic E-state index is -0.374. The average Bonchev–Trinajstić information content (AvgIpc) is 3.15. The Bertz CT molecular complexity index is 1100. The van der Waals surface area contributed by atoms with E-state index in [1.54, 1.807) is 19.9 Å². The van der Waals surface area contributed by atoms with Crippen LogP contribution in [0.5, 0.6) is 0 Å². The van der Waals surface area contributed by atoms with Gasteiger partial charge in [0.05, 0.1) is 0 Å². The SMILES string of the molecule is Cc1cc(C)n(CC(=O)NCCC(C)C)c(=O)c1-c1nc(-c2ccc(F)cc2)no1. The number of hydrogen-bond acceptors (Lipinski definition) is 5. The Morgan fingerprint density at radius 1 is 1.23 bits per heavy atom. The zero-order chi connectivity index (χ0) is 21.8. The maximum absolute atomic E-state index is 13.1. The fourth-order valence-electron chi connectivity index (χ4n) is 3.12. The van der Waals surface area contributed by atoms with Crippen molar-refractivity contribution in [1.82, 2.24) is 20.0 Å². The largest absolute Gasteiger partial charge is 0.355 e.